The zero-order valence-electron chi connectivity index (χ0n) is 14.7. The molecule has 0 aliphatic heterocycles. The highest BCUT2D eigenvalue weighted by atomic mass is 16.6. The summed E-state index contributed by atoms with van der Waals surface area (Å²) in [6.45, 7) is 2.04. The van der Waals surface area contributed by atoms with Crippen molar-refractivity contribution < 1.29 is 23.5 Å². The van der Waals surface area contributed by atoms with Gasteiger partial charge in [-0.15, -0.1) is 0 Å². The Morgan fingerprint density at radius 3 is 2.62 bits per heavy atom. The van der Waals surface area contributed by atoms with Gasteiger partial charge in [0, 0.05) is 5.71 Å². The van der Waals surface area contributed by atoms with E-state index in [0.717, 1.165) is 11.3 Å². The Morgan fingerprint density at radius 1 is 1.19 bits per heavy atom. The van der Waals surface area contributed by atoms with Crippen molar-refractivity contribution in [3.8, 4) is 5.75 Å². The van der Waals surface area contributed by atoms with Gasteiger partial charge >= 0.3 is 6.09 Å². The van der Waals surface area contributed by atoms with E-state index < -0.39 is 6.09 Å². The van der Waals surface area contributed by atoms with E-state index in [-0.39, 0.29) is 18.9 Å². The molecule has 0 radical (unpaired) electrons. The van der Waals surface area contributed by atoms with Crippen molar-refractivity contribution in [1.82, 2.24) is 10.7 Å². The number of nitrogens with zero attached hydrogens (tertiary/aromatic N) is 1. The van der Waals surface area contributed by atoms with Gasteiger partial charge in [0.15, 0.2) is 0 Å². The SMILES string of the molecule is COc1ccc(COC(=O)NN=C(C)CC(=O)NCc2ccco2)cc1. The average Bonchev–Trinajstić information content (AvgIpc) is 3.17. The smallest absolute Gasteiger partial charge is 0.428 e. The van der Waals surface area contributed by atoms with Crippen LogP contribution in [0, 0.1) is 0 Å². The van der Waals surface area contributed by atoms with E-state index in [4.69, 9.17) is 13.9 Å². The molecule has 0 saturated heterocycles. The lowest BCUT2D eigenvalue weighted by Crippen LogP contribution is -2.26. The van der Waals surface area contributed by atoms with E-state index >= 15 is 0 Å². The Labute approximate surface area is 151 Å². The molecular weight excluding hydrogens is 338 g/mol. The maximum absolute atomic E-state index is 11.8. The van der Waals surface area contributed by atoms with Gasteiger partial charge in [-0.1, -0.05) is 12.1 Å². The summed E-state index contributed by atoms with van der Waals surface area (Å²) in [6, 6.07) is 10.7. The summed E-state index contributed by atoms with van der Waals surface area (Å²) in [7, 11) is 1.58. The van der Waals surface area contributed by atoms with Crippen LogP contribution in [0.4, 0.5) is 4.79 Å². The van der Waals surface area contributed by atoms with Crippen LogP contribution in [-0.4, -0.2) is 24.8 Å². The Bertz CT molecular complexity index is 739. The van der Waals surface area contributed by atoms with E-state index in [2.05, 4.69) is 15.8 Å². The van der Waals surface area contributed by atoms with Gasteiger partial charge in [0.25, 0.3) is 0 Å². The number of benzene rings is 1. The molecule has 0 fully saturated rings. The molecule has 2 aromatic rings. The van der Waals surface area contributed by atoms with Crippen LogP contribution in [0.25, 0.3) is 0 Å². The molecule has 0 saturated carbocycles. The van der Waals surface area contributed by atoms with Crippen LogP contribution in [0.15, 0.2) is 52.2 Å². The summed E-state index contributed by atoms with van der Waals surface area (Å²) in [5.74, 6) is 1.16. The van der Waals surface area contributed by atoms with Gasteiger partial charge in [0.05, 0.1) is 26.3 Å². The van der Waals surface area contributed by atoms with Gasteiger partial charge in [-0.3, -0.25) is 4.79 Å². The molecule has 0 aliphatic carbocycles. The summed E-state index contributed by atoms with van der Waals surface area (Å²) in [6.07, 6.45) is 0.894. The maximum atomic E-state index is 11.8. The standard InChI is InChI=1S/C18H21N3O5/c1-13(10-17(22)19-11-16-4-3-9-25-16)20-21-18(23)26-12-14-5-7-15(24-2)8-6-14/h3-9H,10-12H2,1-2H3,(H,19,22)(H,21,23). The topological polar surface area (TPSA) is 102 Å². The van der Waals surface area contributed by atoms with Crippen molar-refractivity contribution >= 4 is 17.7 Å². The largest absolute Gasteiger partial charge is 0.497 e. The van der Waals surface area contributed by atoms with Crippen molar-refractivity contribution in [3.05, 3.63) is 54.0 Å². The molecule has 0 unspecified atom stereocenters. The van der Waals surface area contributed by atoms with Crippen LogP contribution >= 0.6 is 0 Å². The second-order valence-corrected chi connectivity index (χ2v) is 5.42. The zero-order chi connectivity index (χ0) is 18.8. The van der Waals surface area contributed by atoms with Crippen LogP contribution in [0.5, 0.6) is 5.75 Å². The molecule has 1 aromatic carbocycles. The fourth-order valence-corrected chi connectivity index (χ4v) is 1.98. The van der Waals surface area contributed by atoms with Gasteiger partial charge in [0.1, 0.15) is 18.1 Å². The third kappa shape index (κ3) is 6.68. The van der Waals surface area contributed by atoms with Crippen molar-refractivity contribution in [2.24, 2.45) is 5.10 Å². The third-order valence-electron chi connectivity index (χ3n) is 3.32. The number of rotatable bonds is 8. The molecule has 0 aliphatic rings. The molecule has 2 N–H and O–H groups in total. The minimum Gasteiger partial charge on any atom is -0.497 e. The summed E-state index contributed by atoms with van der Waals surface area (Å²) in [5, 5.41) is 6.53. The second-order valence-electron chi connectivity index (χ2n) is 5.42. The van der Waals surface area contributed by atoms with E-state index in [1.165, 1.54) is 6.26 Å². The molecule has 2 rings (SSSR count). The number of carbonyl (C=O) groups excluding carboxylic acids is 2. The number of ether oxygens (including phenoxy) is 2. The number of hydrogen-bond donors (Lipinski definition) is 2. The Hall–Kier alpha value is -3.29. The van der Waals surface area contributed by atoms with E-state index in [9.17, 15) is 9.59 Å². The Morgan fingerprint density at radius 2 is 1.96 bits per heavy atom. The number of methoxy groups -OCH3 is 1. The highest BCUT2D eigenvalue weighted by molar-refractivity contribution is 5.99. The highest BCUT2D eigenvalue weighted by Gasteiger charge is 2.06. The van der Waals surface area contributed by atoms with Gasteiger partial charge in [0.2, 0.25) is 5.91 Å². The molecule has 26 heavy (non-hydrogen) atoms. The van der Waals surface area contributed by atoms with E-state index in [1.54, 1.807) is 50.4 Å². The number of amides is 2. The molecule has 0 atom stereocenters. The first kappa shape index (κ1) is 19.0. The minimum atomic E-state index is -0.698. The monoisotopic (exact) mass is 359 g/mol. The Kier molecular flexibility index (Phi) is 7.23. The molecule has 1 aromatic heterocycles. The number of furan rings is 1. The zero-order valence-corrected chi connectivity index (χ0v) is 14.7. The molecule has 2 amide bonds. The molecule has 0 spiro atoms. The van der Waals surface area contributed by atoms with Crippen molar-refractivity contribution in [2.45, 2.75) is 26.5 Å². The number of hydrogen-bond acceptors (Lipinski definition) is 6. The lowest BCUT2D eigenvalue weighted by Gasteiger charge is -2.06. The summed E-state index contributed by atoms with van der Waals surface area (Å²) >= 11 is 0. The van der Waals surface area contributed by atoms with E-state index in [0.29, 0.717) is 18.0 Å². The Balaban J connectivity index is 1.67. The molecule has 138 valence electrons. The van der Waals surface area contributed by atoms with Crippen molar-refractivity contribution in [3.63, 3.8) is 0 Å². The molecular formula is C18H21N3O5. The minimum absolute atomic E-state index is 0.0550. The maximum Gasteiger partial charge on any atom is 0.428 e. The lowest BCUT2D eigenvalue weighted by molar-refractivity contribution is -0.120. The first-order valence-electron chi connectivity index (χ1n) is 7.94. The summed E-state index contributed by atoms with van der Waals surface area (Å²) in [4.78, 5) is 23.4. The predicted molar refractivity (Wildman–Crippen MR) is 94.6 cm³/mol. The molecule has 8 heteroatoms. The fraction of sp³-hybridized carbons (Fsp3) is 0.278. The van der Waals surface area contributed by atoms with Crippen LogP contribution in [0.2, 0.25) is 0 Å². The van der Waals surface area contributed by atoms with E-state index in [1.807, 2.05) is 0 Å². The normalized spacial score (nSPS) is 10.9. The fourth-order valence-electron chi connectivity index (χ4n) is 1.98. The highest BCUT2D eigenvalue weighted by Crippen LogP contribution is 2.11. The molecule has 8 nitrogen and oxygen atoms in total. The van der Waals surface area contributed by atoms with Crippen LogP contribution in [0.1, 0.15) is 24.7 Å². The van der Waals surface area contributed by atoms with Crippen LogP contribution in [0.3, 0.4) is 0 Å². The number of nitrogens with one attached hydrogen (secondary N) is 2. The van der Waals surface area contributed by atoms with Crippen LogP contribution < -0.4 is 15.5 Å². The number of carbonyl (C=O) groups is 2. The summed E-state index contributed by atoms with van der Waals surface area (Å²) < 4.78 is 15.2. The predicted octanol–water partition coefficient (Wildman–Crippen LogP) is 2.60. The second kappa shape index (κ2) is 9.87. The van der Waals surface area contributed by atoms with Gasteiger partial charge in [-0.25, -0.2) is 10.2 Å². The first-order valence-corrected chi connectivity index (χ1v) is 7.94. The van der Waals surface area contributed by atoms with Gasteiger partial charge in [-0.05, 0) is 36.8 Å². The van der Waals surface area contributed by atoms with Crippen LogP contribution in [-0.2, 0) is 22.7 Å². The first-order chi connectivity index (χ1) is 12.6. The quantitative estimate of drug-likeness (QED) is 0.557. The number of hydrazone groups is 1. The summed E-state index contributed by atoms with van der Waals surface area (Å²) in [5.41, 5.74) is 3.52. The average molecular weight is 359 g/mol. The van der Waals surface area contributed by atoms with Gasteiger partial charge < -0.3 is 19.2 Å². The molecule has 0 bridgehead atoms. The lowest BCUT2D eigenvalue weighted by atomic mass is 10.2. The van der Waals surface area contributed by atoms with Crippen molar-refractivity contribution in [1.29, 1.82) is 0 Å². The third-order valence-corrected chi connectivity index (χ3v) is 3.32. The van der Waals surface area contributed by atoms with Crippen molar-refractivity contribution in [2.75, 3.05) is 7.11 Å². The van der Waals surface area contributed by atoms with Gasteiger partial charge in [-0.2, -0.15) is 5.10 Å². The molecule has 1 heterocycles.